The van der Waals surface area contributed by atoms with Gasteiger partial charge in [-0.2, -0.15) is 0 Å². The molecule has 1 aromatic carbocycles. The van der Waals surface area contributed by atoms with Crippen LogP contribution in [0.25, 0.3) is 0 Å². The smallest absolute Gasteiger partial charge is 0.331 e. The lowest BCUT2D eigenvalue weighted by molar-refractivity contribution is 0.227. The van der Waals surface area contributed by atoms with Crippen LogP contribution in [0, 0.1) is 0 Å². The molecule has 1 heterocycles. The average Bonchev–Trinajstić information content (AvgIpc) is 2.53. The van der Waals surface area contributed by atoms with Gasteiger partial charge in [-0.25, -0.2) is 4.79 Å². The van der Waals surface area contributed by atoms with Crippen LogP contribution >= 0.6 is 11.8 Å². The number of anilines is 1. The fraction of sp³-hybridized carbons (Fsp3) is 0.556. The number of thioether (sulfide) groups is 1. The zero-order valence-corrected chi connectivity index (χ0v) is 16.0. The first-order chi connectivity index (χ1) is 11.4. The summed E-state index contributed by atoms with van der Waals surface area (Å²) in [4.78, 5) is 21.4. The van der Waals surface area contributed by atoms with Crippen molar-refractivity contribution in [1.82, 2.24) is 4.90 Å². The van der Waals surface area contributed by atoms with E-state index in [4.69, 9.17) is 9.73 Å². The quantitative estimate of drug-likeness (QED) is 0.781. The lowest BCUT2D eigenvalue weighted by Gasteiger charge is -2.36. The first kappa shape index (κ1) is 18.6. The first-order valence-corrected chi connectivity index (χ1v) is 9.30. The molecule has 1 saturated heterocycles. The van der Waals surface area contributed by atoms with Crippen molar-refractivity contribution in [3.8, 4) is 5.75 Å². The fourth-order valence-corrected chi connectivity index (χ4v) is 3.48. The molecule has 1 fully saturated rings. The molecule has 5 nitrogen and oxygen atoms in total. The summed E-state index contributed by atoms with van der Waals surface area (Å²) < 4.78 is 5.19. The normalized spacial score (nSPS) is 17.5. The maximum Gasteiger partial charge on any atom is 0.331 e. The van der Waals surface area contributed by atoms with E-state index in [2.05, 4.69) is 27.7 Å². The summed E-state index contributed by atoms with van der Waals surface area (Å²) in [6, 6.07) is 7.59. The summed E-state index contributed by atoms with van der Waals surface area (Å²) >= 11 is 1.62. The fourth-order valence-electron chi connectivity index (χ4n) is 2.32. The van der Waals surface area contributed by atoms with Gasteiger partial charge in [0, 0.05) is 12.2 Å². The van der Waals surface area contributed by atoms with Gasteiger partial charge in [0.15, 0.2) is 5.17 Å². The molecular formula is C18H27N3O2S. The largest absolute Gasteiger partial charge is 0.497 e. The predicted molar refractivity (Wildman–Crippen MR) is 102 cm³/mol. The molecule has 0 saturated carbocycles. The number of amides is 2. The van der Waals surface area contributed by atoms with Gasteiger partial charge in [-0.05, 0) is 51.5 Å². The number of hydrogen-bond donors (Lipinski definition) is 0. The van der Waals surface area contributed by atoms with Crippen molar-refractivity contribution in [2.45, 2.75) is 46.1 Å². The zero-order valence-electron chi connectivity index (χ0n) is 15.2. The number of nitrogens with zero attached hydrogens (tertiary/aromatic N) is 3. The average molecular weight is 350 g/mol. The number of hydrogen-bond acceptors (Lipinski definition) is 4. The highest BCUT2D eigenvalue weighted by Gasteiger charge is 2.32. The van der Waals surface area contributed by atoms with Crippen molar-refractivity contribution >= 4 is 28.6 Å². The summed E-state index contributed by atoms with van der Waals surface area (Å²) in [6.07, 6.45) is 2.01. The molecule has 0 bridgehead atoms. The number of amidine groups is 1. The predicted octanol–water partition coefficient (Wildman–Crippen LogP) is 4.58. The van der Waals surface area contributed by atoms with Crippen LogP contribution in [0.1, 0.15) is 40.5 Å². The second-order valence-electron chi connectivity index (χ2n) is 6.75. The Morgan fingerprint density at radius 3 is 2.46 bits per heavy atom. The molecule has 2 amide bonds. The number of methoxy groups -OCH3 is 1. The van der Waals surface area contributed by atoms with E-state index < -0.39 is 0 Å². The minimum atomic E-state index is -0.199. The van der Waals surface area contributed by atoms with E-state index in [9.17, 15) is 4.79 Å². The van der Waals surface area contributed by atoms with Crippen molar-refractivity contribution in [3.05, 3.63) is 24.3 Å². The molecule has 0 spiro atoms. The molecule has 1 aromatic rings. The summed E-state index contributed by atoms with van der Waals surface area (Å²) in [6.45, 7) is 8.99. The number of unbranched alkanes of at least 4 members (excludes halogenated alkanes) is 1. The highest BCUT2D eigenvalue weighted by Crippen LogP contribution is 2.29. The van der Waals surface area contributed by atoms with E-state index in [1.165, 1.54) is 0 Å². The van der Waals surface area contributed by atoms with Crippen LogP contribution in [0.2, 0.25) is 0 Å². The number of aliphatic imine (C=N–C) groups is 1. The third kappa shape index (κ3) is 4.66. The van der Waals surface area contributed by atoms with Crippen LogP contribution in [0.3, 0.4) is 0 Å². The second-order valence-corrected chi connectivity index (χ2v) is 7.66. The van der Waals surface area contributed by atoms with E-state index in [-0.39, 0.29) is 11.6 Å². The Bertz CT molecular complexity index is 593. The van der Waals surface area contributed by atoms with Crippen molar-refractivity contribution in [3.63, 3.8) is 0 Å². The van der Waals surface area contributed by atoms with E-state index in [1.807, 2.05) is 29.2 Å². The monoisotopic (exact) mass is 349 g/mol. The van der Waals surface area contributed by atoms with Crippen molar-refractivity contribution in [2.24, 2.45) is 4.99 Å². The molecule has 0 aliphatic carbocycles. The molecule has 1 aliphatic heterocycles. The van der Waals surface area contributed by atoms with Crippen molar-refractivity contribution < 1.29 is 9.53 Å². The third-order valence-corrected chi connectivity index (χ3v) is 4.52. The van der Waals surface area contributed by atoms with Gasteiger partial charge in [-0.3, -0.25) is 14.8 Å². The summed E-state index contributed by atoms with van der Waals surface area (Å²) in [7, 11) is 1.64. The van der Waals surface area contributed by atoms with Crippen LogP contribution in [0.15, 0.2) is 29.3 Å². The minimum Gasteiger partial charge on any atom is -0.497 e. The highest BCUT2D eigenvalue weighted by molar-refractivity contribution is 8.14. The van der Waals surface area contributed by atoms with Crippen LogP contribution in [-0.4, -0.2) is 41.2 Å². The van der Waals surface area contributed by atoms with Crippen LogP contribution in [0.5, 0.6) is 5.75 Å². The number of ether oxygens (including phenoxy) is 1. The molecule has 0 unspecified atom stereocenters. The van der Waals surface area contributed by atoms with Crippen LogP contribution in [-0.2, 0) is 0 Å². The van der Waals surface area contributed by atoms with Gasteiger partial charge < -0.3 is 4.74 Å². The Morgan fingerprint density at radius 1 is 1.25 bits per heavy atom. The summed E-state index contributed by atoms with van der Waals surface area (Å²) in [5, 5.41) is 0.825. The summed E-state index contributed by atoms with van der Waals surface area (Å²) in [5.74, 6) is 1.36. The number of benzene rings is 1. The number of carbonyl (C=O) groups is 1. The molecule has 6 heteroatoms. The molecule has 0 radical (unpaired) electrons. The van der Waals surface area contributed by atoms with Gasteiger partial charge in [0.2, 0.25) is 0 Å². The van der Waals surface area contributed by atoms with Gasteiger partial charge in [-0.15, -0.1) is 0 Å². The van der Waals surface area contributed by atoms with Gasteiger partial charge in [0.25, 0.3) is 0 Å². The maximum absolute atomic E-state index is 13.0. The Morgan fingerprint density at radius 2 is 1.92 bits per heavy atom. The first-order valence-electron chi connectivity index (χ1n) is 8.31. The molecule has 2 rings (SSSR count). The van der Waals surface area contributed by atoms with Crippen LogP contribution < -0.4 is 9.64 Å². The number of urea groups is 1. The molecule has 132 valence electrons. The SMILES string of the molecule is CCCCN1C(=O)N(c2ccc(OC)cc2)CSC1=NC(C)(C)C. The number of carbonyl (C=O) groups excluding carboxylic acids is 1. The molecule has 0 aromatic heterocycles. The maximum atomic E-state index is 13.0. The van der Waals surface area contributed by atoms with Crippen LogP contribution in [0.4, 0.5) is 10.5 Å². The Balaban J connectivity index is 2.25. The standard InChI is InChI=1S/C18H27N3O2S/c1-6-7-12-20-16(19-18(2,3)4)24-13-21(17(20)22)14-8-10-15(23-5)11-9-14/h8-11H,6-7,12-13H2,1-5H3. The Kier molecular flexibility index (Phi) is 6.15. The molecule has 24 heavy (non-hydrogen) atoms. The lowest BCUT2D eigenvalue weighted by Crippen LogP contribution is -2.51. The topological polar surface area (TPSA) is 45.1 Å². The minimum absolute atomic E-state index is 0.00429. The zero-order chi connectivity index (χ0) is 17.7. The van der Waals surface area contributed by atoms with E-state index in [0.717, 1.165) is 29.4 Å². The molecular weight excluding hydrogens is 322 g/mol. The van der Waals surface area contributed by atoms with Gasteiger partial charge in [0.1, 0.15) is 5.75 Å². The number of rotatable bonds is 5. The van der Waals surface area contributed by atoms with E-state index in [1.54, 1.807) is 23.8 Å². The lowest BCUT2D eigenvalue weighted by atomic mass is 10.1. The Labute approximate surface area is 149 Å². The molecule has 1 aliphatic rings. The van der Waals surface area contributed by atoms with Gasteiger partial charge in [0.05, 0.1) is 18.5 Å². The van der Waals surface area contributed by atoms with E-state index >= 15 is 0 Å². The highest BCUT2D eigenvalue weighted by atomic mass is 32.2. The Hall–Kier alpha value is -1.69. The van der Waals surface area contributed by atoms with Crippen molar-refractivity contribution in [1.29, 1.82) is 0 Å². The second kappa shape index (κ2) is 7.92. The van der Waals surface area contributed by atoms with E-state index in [0.29, 0.717) is 12.4 Å². The van der Waals surface area contributed by atoms with Crippen molar-refractivity contribution in [2.75, 3.05) is 24.4 Å². The molecule has 0 atom stereocenters. The summed E-state index contributed by atoms with van der Waals surface area (Å²) in [5.41, 5.74) is 0.680. The molecule has 0 N–H and O–H groups in total. The van der Waals surface area contributed by atoms with Gasteiger partial charge in [-0.1, -0.05) is 25.1 Å². The third-order valence-electron chi connectivity index (χ3n) is 3.57. The van der Waals surface area contributed by atoms with Gasteiger partial charge >= 0.3 is 6.03 Å².